The zero-order chi connectivity index (χ0) is 22.1. The number of ether oxygens (including phenoxy) is 1. The molecule has 1 heterocycles. The van der Waals surface area contributed by atoms with Gasteiger partial charge in [-0.15, -0.1) is 0 Å². The maximum absolute atomic E-state index is 13.4. The van der Waals surface area contributed by atoms with Crippen molar-refractivity contribution in [1.82, 2.24) is 10.2 Å². The van der Waals surface area contributed by atoms with Crippen LogP contribution in [0.4, 0.5) is 4.79 Å². The van der Waals surface area contributed by atoms with Crippen LogP contribution in [0.5, 0.6) is 0 Å². The molecular formula is C24H34N2O4. The molecule has 1 aromatic rings. The van der Waals surface area contributed by atoms with Crippen molar-refractivity contribution in [3.05, 3.63) is 35.4 Å². The SMILES string of the molecule is CCC(C(=O)OC1CCCCC1)N1C(=O)NC(C)(c2ccc(C(C)(C)C)cc2)C1=O. The number of amides is 3. The Balaban J connectivity index is 1.80. The average Bonchev–Trinajstić information content (AvgIpc) is 2.93. The summed E-state index contributed by atoms with van der Waals surface area (Å²) in [5.74, 6) is -0.899. The quantitative estimate of drug-likeness (QED) is 0.572. The first-order chi connectivity index (χ1) is 14.1. The van der Waals surface area contributed by atoms with Gasteiger partial charge in [0, 0.05) is 0 Å². The topological polar surface area (TPSA) is 75.7 Å². The highest BCUT2D eigenvalue weighted by Crippen LogP contribution is 2.33. The highest BCUT2D eigenvalue weighted by Gasteiger charge is 2.53. The smallest absolute Gasteiger partial charge is 0.329 e. The number of hydrogen-bond donors (Lipinski definition) is 1. The van der Waals surface area contributed by atoms with Crippen LogP contribution in [0.15, 0.2) is 24.3 Å². The number of hydrogen-bond acceptors (Lipinski definition) is 4. The second-order valence-electron chi connectivity index (χ2n) is 9.68. The van der Waals surface area contributed by atoms with Crippen LogP contribution in [-0.4, -0.2) is 35.0 Å². The lowest BCUT2D eigenvalue weighted by Gasteiger charge is -2.28. The van der Waals surface area contributed by atoms with E-state index >= 15 is 0 Å². The van der Waals surface area contributed by atoms with Gasteiger partial charge in [0.05, 0.1) is 0 Å². The minimum absolute atomic E-state index is 0.00934. The van der Waals surface area contributed by atoms with Crippen molar-refractivity contribution in [2.75, 3.05) is 0 Å². The normalized spacial score (nSPS) is 24.0. The van der Waals surface area contributed by atoms with Gasteiger partial charge in [0.15, 0.2) is 0 Å². The molecule has 0 aromatic heterocycles. The zero-order valence-corrected chi connectivity index (χ0v) is 18.8. The van der Waals surface area contributed by atoms with E-state index in [4.69, 9.17) is 4.74 Å². The molecule has 1 saturated heterocycles. The van der Waals surface area contributed by atoms with Gasteiger partial charge in [0.25, 0.3) is 5.91 Å². The first-order valence-corrected chi connectivity index (χ1v) is 11.0. The maximum Gasteiger partial charge on any atom is 0.329 e. The fourth-order valence-corrected chi connectivity index (χ4v) is 4.32. The molecule has 2 atom stereocenters. The van der Waals surface area contributed by atoms with Gasteiger partial charge in [-0.05, 0) is 55.6 Å². The van der Waals surface area contributed by atoms with Crippen molar-refractivity contribution in [1.29, 1.82) is 0 Å². The molecule has 2 unspecified atom stereocenters. The Morgan fingerprint density at radius 3 is 2.30 bits per heavy atom. The van der Waals surface area contributed by atoms with E-state index in [1.54, 1.807) is 13.8 Å². The summed E-state index contributed by atoms with van der Waals surface area (Å²) in [7, 11) is 0. The molecule has 1 aliphatic carbocycles. The number of esters is 1. The van der Waals surface area contributed by atoms with Crippen LogP contribution in [0, 0.1) is 0 Å². The van der Waals surface area contributed by atoms with E-state index in [2.05, 4.69) is 26.1 Å². The van der Waals surface area contributed by atoms with Crippen molar-refractivity contribution < 1.29 is 19.1 Å². The van der Waals surface area contributed by atoms with E-state index in [1.807, 2.05) is 24.3 Å². The third kappa shape index (κ3) is 4.23. The Kier molecular flexibility index (Phi) is 6.25. The van der Waals surface area contributed by atoms with Crippen molar-refractivity contribution >= 4 is 17.9 Å². The number of benzene rings is 1. The summed E-state index contributed by atoms with van der Waals surface area (Å²) in [5, 5.41) is 2.81. The molecule has 2 aliphatic rings. The monoisotopic (exact) mass is 414 g/mol. The molecule has 3 rings (SSSR count). The molecule has 0 bridgehead atoms. The van der Waals surface area contributed by atoms with E-state index in [1.165, 1.54) is 0 Å². The Labute approximate surface area is 179 Å². The van der Waals surface area contributed by atoms with Crippen LogP contribution in [0.3, 0.4) is 0 Å². The van der Waals surface area contributed by atoms with Gasteiger partial charge in [0.1, 0.15) is 17.7 Å². The van der Waals surface area contributed by atoms with Crippen LogP contribution in [0.1, 0.15) is 84.3 Å². The van der Waals surface area contributed by atoms with Crippen LogP contribution < -0.4 is 5.32 Å². The van der Waals surface area contributed by atoms with Gasteiger partial charge in [-0.2, -0.15) is 0 Å². The number of carbonyl (C=O) groups excluding carboxylic acids is 3. The first kappa shape index (κ1) is 22.3. The summed E-state index contributed by atoms with van der Waals surface area (Å²) in [6, 6.07) is 6.27. The Bertz CT molecular complexity index is 805. The fraction of sp³-hybridized carbons (Fsp3) is 0.625. The minimum atomic E-state index is -1.20. The zero-order valence-electron chi connectivity index (χ0n) is 18.8. The number of urea groups is 1. The van der Waals surface area contributed by atoms with Gasteiger partial charge in [0.2, 0.25) is 0 Å². The third-order valence-electron chi connectivity index (χ3n) is 6.36. The molecule has 1 N–H and O–H groups in total. The molecule has 6 heteroatoms. The van der Waals surface area contributed by atoms with E-state index in [-0.39, 0.29) is 11.5 Å². The number of imide groups is 1. The Morgan fingerprint density at radius 1 is 1.17 bits per heavy atom. The number of nitrogens with one attached hydrogen (secondary N) is 1. The van der Waals surface area contributed by atoms with Crippen molar-refractivity contribution in [2.45, 2.75) is 96.2 Å². The average molecular weight is 415 g/mol. The largest absolute Gasteiger partial charge is 0.461 e. The Morgan fingerprint density at radius 2 is 1.77 bits per heavy atom. The van der Waals surface area contributed by atoms with Gasteiger partial charge >= 0.3 is 12.0 Å². The van der Waals surface area contributed by atoms with Gasteiger partial charge in [-0.1, -0.05) is 58.4 Å². The van der Waals surface area contributed by atoms with Crippen molar-refractivity contribution in [3.8, 4) is 0 Å². The van der Waals surface area contributed by atoms with Crippen LogP contribution >= 0.6 is 0 Å². The van der Waals surface area contributed by atoms with E-state index in [9.17, 15) is 14.4 Å². The standard InChI is InChI=1S/C24H34N2O4/c1-6-19(20(27)30-18-10-8-7-9-11-18)26-21(28)24(5,25-22(26)29)17-14-12-16(13-15-17)23(2,3)4/h12-15,18-19H,6-11H2,1-5H3,(H,25,29). The summed E-state index contributed by atoms with van der Waals surface area (Å²) >= 11 is 0. The molecule has 1 saturated carbocycles. The fourth-order valence-electron chi connectivity index (χ4n) is 4.32. The van der Waals surface area contributed by atoms with Crippen molar-refractivity contribution in [3.63, 3.8) is 0 Å². The number of rotatable bonds is 5. The van der Waals surface area contributed by atoms with Crippen LogP contribution in [0.25, 0.3) is 0 Å². The molecule has 0 spiro atoms. The van der Waals surface area contributed by atoms with Crippen LogP contribution in [-0.2, 0) is 25.3 Å². The number of nitrogens with zero attached hydrogens (tertiary/aromatic N) is 1. The second kappa shape index (κ2) is 8.40. The van der Waals surface area contributed by atoms with Gasteiger partial charge in [-0.3, -0.25) is 4.79 Å². The lowest BCUT2D eigenvalue weighted by Crippen LogP contribution is -2.48. The highest BCUT2D eigenvalue weighted by molar-refractivity contribution is 6.09. The maximum atomic E-state index is 13.4. The molecule has 2 fully saturated rings. The highest BCUT2D eigenvalue weighted by atomic mass is 16.5. The molecule has 30 heavy (non-hydrogen) atoms. The van der Waals surface area contributed by atoms with Gasteiger partial charge < -0.3 is 10.1 Å². The third-order valence-corrected chi connectivity index (χ3v) is 6.36. The second-order valence-corrected chi connectivity index (χ2v) is 9.68. The molecule has 1 aliphatic heterocycles. The van der Waals surface area contributed by atoms with Crippen LogP contribution in [0.2, 0.25) is 0 Å². The van der Waals surface area contributed by atoms with E-state index in [0.717, 1.165) is 42.6 Å². The lowest BCUT2D eigenvalue weighted by molar-refractivity contribution is -0.159. The van der Waals surface area contributed by atoms with E-state index in [0.29, 0.717) is 12.0 Å². The van der Waals surface area contributed by atoms with E-state index < -0.39 is 29.5 Å². The Hall–Kier alpha value is -2.37. The summed E-state index contributed by atoms with van der Waals surface area (Å²) < 4.78 is 5.67. The predicted octanol–water partition coefficient (Wildman–Crippen LogP) is 4.41. The molecular weight excluding hydrogens is 380 g/mol. The van der Waals surface area contributed by atoms with Crippen molar-refractivity contribution in [2.24, 2.45) is 0 Å². The summed E-state index contributed by atoms with van der Waals surface area (Å²) in [6.45, 7) is 9.85. The molecule has 164 valence electrons. The summed E-state index contributed by atoms with van der Waals surface area (Å²) in [6.07, 6.45) is 5.15. The van der Waals surface area contributed by atoms with Gasteiger partial charge in [-0.25, -0.2) is 14.5 Å². The summed E-state index contributed by atoms with van der Waals surface area (Å²) in [4.78, 5) is 40.0. The predicted molar refractivity (Wildman–Crippen MR) is 115 cm³/mol. The molecule has 3 amide bonds. The lowest BCUT2D eigenvalue weighted by atomic mass is 9.84. The molecule has 6 nitrogen and oxygen atoms in total. The first-order valence-electron chi connectivity index (χ1n) is 11.0. The number of carbonyl (C=O) groups is 3. The molecule has 0 radical (unpaired) electrons. The summed E-state index contributed by atoms with van der Waals surface area (Å²) in [5.41, 5.74) is 0.634. The minimum Gasteiger partial charge on any atom is -0.461 e. The molecule has 1 aromatic carbocycles.